The smallest absolute Gasteiger partial charge is 0.326 e. The maximum atomic E-state index is 11.7. The quantitative estimate of drug-likeness (QED) is 0.771. The third-order valence-corrected chi connectivity index (χ3v) is 2.93. The molecule has 0 fully saturated rings. The number of amides is 2. The average molecular weight is 278 g/mol. The van der Waals surface area contributed by atoms with Crippen LogP contribution in [0.1, 0.15) is 26.3 Å². The van der Waals surface area contributed by atoms with Gasteiger partial charge < -0.3 is 15.7 Å². The molecule has 0 saturated carbocycles. The van der Waals surface area contributed by atoms with E-state index in [2.05, 4.69) is 10.6 Å². The standard InChI is InChI=1S/C15H22N2O3/c1-15(2,3)12(13(18)19)17-14(20)16-10-9-11-7-5-4-6-8-11/h4-8,12H,9-10H2,1-3H3,(H,18,19)(H2,16,17,20)/t12-/m1/s1. The van der Waals surface area contributed by atoms with Crippen molar-refractivity contribution in [2.24, 2.45) is 5.41 Å². The molecule has 1 aromatic rings. The molecule has 0 spiro atoms. The minimum atomic E-state index is -1.03. The number of hydrogen-bond acceptors (Lipinski definition) is 2. The lowest BCUT2D eigenvalue weighted by Crippen LogP contribution is -2.52. The summed E-state index contributed by atoms with van der Waals surface area (Å²) in [6, 6.07) is 8.40. The first-order valence-electron chi connectivity index (χ1n) is 6.62. The molecule has 5 nitrogen and oxygen atoms in total. The first kappa shape index (κ1) is 16.0. The van der Waals surface area contributed by atoms with Gasteiger partial charge in [0.1, 0.15) is 6.04 Å². The van der Waals surface area contributed by atoms with Crippen LogP contribution in [0.2, 0.25) is 0 Å². The Morgan fingerprint density at radius 1 is 1.20 bits per heavy atom. The van der Waals surface area contributed by atoms with E-state index in [1.165, 1.54) is 0 Å². The Bertz CT molecular complexity index is 452. The first-order chi connectivity index (χ1) is 9.30. The highest BCUT2D eigenvalue weighted by Gasteiger charge is 2.32. The summed E-state index contributed by atoms with van der Waals surface area (Å²) in [7, 11) is 0. The number of hydrogen-bond donors (Lipinski definition) is 3. The molecule has 1 atom stereocenters. The van der Waals surface area contributed by atoms with E-state index >= 15 is 0 Å². The summed E-state index contributed by atoms with van der Waals surface area (Å²) in [6.45, 7) is 5.79. The Morgan fingerprint density at radius 3 is 2.30 bits per heavy atom. The highest BCUT2D eigenvalue weighted by molar-refractivity contribution is 5.83. The molecule has 20 heavy (non-hydrogen) atoms. The van der Waals surface area contributed by atoms with Crippen LogP contribution in [-0.4, -0.2) is 29.7 Å². The van der Waals surface area contributed by atoms with Gasteiger partial charge in [-0.05, 0) is 17.4 Å². The zero-order chi connectivity index (χ0) is 15.2. The summed E-state index contributed by atoms with van der Waals surface area (Å²) in [5.41, 5.74) is 0.584. The highest BCUT2D eigenvalue weighted by atomic mass is 16.4. The zero-order valence-electron chi connectivity index (χ0n) is 12.1. The maximum Gasteiger partial charge on any atom is 0.326 e. The number of carbonyl (C=O) groups excluding carboxylic acids is 1. The summed E-state index contributed by atoms with van der Waals surface area (Å²) < 4.78 is 0. The van der Waals surface area contributed by atoms with Crippen LogP contribution in [0.5, 0.6) is 0 Å². The molecular formula is C15H22N2O3. The lowest BCUT2D eigenvalue weighted by atomic mass is 9.87. The van der Waals surface area contributed by atoms with Gasteiger partial charge in [-0.3, -0.25) is 0 Å². The molecule has 1 rings (SSSR count). The van der Waals surface area contributed by atoms with E-state index in [0.29, 0.717) is 13.0 Å². The van der Waals surface area contributed by atoms with Crippen LogP contribution in [0.15, 0.2) is 30.3 Å². The van der Waals surface area contributed by atoms with Gasteiger partial charge in [-0.15, -0.1) is 0 Å². The fourth-order valence-electron chi connectivity index (χ4n) is 1.80. The van der Waals surface area contributed by atoms with Crippen LogP contribution < -0.4 is 10.6 Å². The van der Waals surface area contributed by atoms with E-state index in [1.54, 1.807) is 20.8 Å². The van der Waals surface area contributed by atoms with Crippen LogP contribution in [0.25, 0.3) is 0 Å². The first-order valence-corrected chi connectivity index (χ1v) is 6.62. The monoisotopic (exact) mass is 278 g/mol. The van der Waals surface area contributed by atoms with Crippen LogP contribution >= 0.6 is 0 Å². The Kier molecular flexibility index (Phi) is 5.55. The molecule has 0 saturated heterocycles. The molecule has 0 bridgehead atoms. The second kappa shape index (κ2) is 6.93. The lowest BCUT2D eigenvalue weighted by Gasteiger charge is -2.27. The van der Waals surface area contributed by atoms with E-state index in [1.807, 2.05) is 30.3 Å². The van der Waals surface area contributed by atoms with Crippen molar-refractivity contribution in [3.63, 3.8) is 0 Å². The van der Waals surface area contributed by atoms with E-state index in [9.17, 15) is 9.59 Å². The van der Waals surface area contributed by atoms with Crippen LogP contribution in [0, 0.1) is 5.41 Å². The Balaban J connectivity index is 2.41. The van der Waals surface area contributed by atoms with Crippen LogP contribution in [0.4, 0.5) is 4.79 Å². The number of nitrogens with one attached hydrogen (secondary N) is 2. The summed E-state index contributed by atoms with van der Waals surface area (Å²) >= 11 is 0. The van der Waals surface area contributed by atoms with Crippen LogP contribution in [-0.2, 0) is 11.2 Å². The number of carbonyl (C=O) groups is 2. The second-order valence-electron chi connectivity index (χ2n) is 5.77. The van der Waals surface area contributed by atoms with Crippen molar-refractivity contribution in [3.05, 3.63) is 35.9 Å². The Hall–Kier alpha value is -2.04. The summed E-state index contributed by atoms with van der Waals surface area (Å²) in [6.07, 6.45) is 0.710. The predicted molar refractivity (Wildman–Crippen MR) is 77.6 cm³/mol. The third kappa shape index (κ3) is 5.30. The van der Waals surface area contributed by atoms with Gasteiger partial charge in [0.15, 0.2) is 0 Å². The van der Waals surface area contributed by atoms with Gasteiger partial charge in [0.05, 0.1) is 0 Å². The molecular weight excluding hydrogens is 256 g/mol. The van der Waals surface area contributed by atoms with E-state index < -0.39 is 23.5 Å². The second-order valence-corrected chi connectivity index (χ2v) is 5.77. The third-order valence-electron chi connectivity index (χ3n) is 2.93. The van der Waals surface area contributed by atoms with Crippen molar-refractivity contribution in [3.8, 4) is 0 Å². The molecule has 0 radical (unpaired) electrons. The molecule has 3 N–H and O–H groups in total. The summed E-state index contributed by atoms with van der Waals surface area (Å²) in [5.74, 6) is -1.03. The molecule has 0 unspecified atom stereocenters. The molecule has 0 aliphatic rings. The van der Waals surface area contributed by atoms with Gasteiger partial charge >= 0.3 is 12.0 Å². The van der Waals surface area contributed by atoms with Gasteiger partial charge in [0.2, 0.25) is 0 Å². The van der Waals surface area contributed by atoms with Gasteiger partial charge in [-0.25, -0.2) is 9.59 Å². The SMILES string of the molecule is CC(C)(C)[C@H](NC(=O)NCCc1ccccc1)C(=O)O. The number of carboxylic acid groups (broad SMARTS) is 1. The normalized spacial score (nSPS) is 12.6. The number of rotatable bonds is 5. The van der Waals surface area contributed by atoms with Crippen molar-refractivity contribution in [1.29, 1.82) is 0 Å². The van der Waals surface area contributed by atoms with Crippen molar-refractivity contribution in [2.75, 3.05) is 6.54 Å². The van der Waals surface area contributed by atoms with Crippen molar-refractivity contribution < 1.29 is 14.7 Å². The van der Waals surface area contributed by atoms with Crippen molar-refractivity contribution >= 4 is 12.0 Å². The summed E-state index contributed by atoms with van der Waals surface area (Å²) in [4.78, 5) is 22.8. The van der Waals surface area contributed by atoms with Gasteiger partial charge in [-0.1, -0.05) is 51.1 Å². The maximum absolute atomic E-state index is 11.7. The molecule has 0 aromatic heterocycles. The summed E-state index contributed by atoms with van der Waals surface area (Å²) in [5, 5.41) is 14.3. The van der Waals surface area contributed by atoms with Gasteiger partial charge in [0, 0.05) is 6.54 Å². The number of benzene rings is 1. The fourth-order valence-corrected chi connectivity index (χ4v) is 1.80. The molecule has 0 heterocycles. The van der Waals surface area contributed by atoms with Crippen LogP contribution in [0.3, 0.4) is 0 Å². The molecule has 110 valence electrons. The van der Waals surface area contributed by atoms with E-state index in [-0.39, 0.29) is 0 Å². The average Bonchev–Trinajstić information content (AvgIpc) is 2.35. The molecule has 1 aromatic carbocycles. The molecule has 0 aliphatic heterocycles. The Labute approximate surface area is 119 Å². The highest BCUT2D eigenvalue weighted by Crippen LogP contribution is 2.19. The molecule has 2 amide bonds. The van der Waals surface area contributed by atoms with Gasteiger partial charge in [0.25, 0.3) is 0 Å². The zero-order valence-corrected chi connectivity index (χ0v) is 12.1. The number of aliphatic carboxylic acids is 1. The minimum absolute atomic E-state index is 0.455. The number of carboxylic acids is 1. The Morgan fingerprint density at radius 2 is 1.80 bits per heavy atom. The molecule has 5 heteroatoms. The van der Waals surface area contributed by atoms with E-state index in [4.69, 9.17) is 5.11 Å². The fraction of sp³-hybridized carbons (Fsp3) is 0.467. The molecule has 0 aliphatic carbocycles. The minimum Gasteiger partial charge on any atom is -0.480 e. The van der Waals surface area contributed by atoms with E-state index in [0.717, 1.165) is 5.56 Å². The lowest BCUT2D eigenvalue weighted by molar-refractivity contribution is -0.141. The predicted octanol–water partition coefficient (Wildman–Crippen LogP) is 2.03. The topological polar surface area (TPSA) is 78.4 Å². The van der Waals surface area contributed by atoms with Gasteiger partial charge in [-0.2, -0.15) is 0 Å². The van der Waals surface area contributed by atoms with Crippen molar-refractivity contribution in [1.82, 2.24) is 10.6 Å². The number of urea groups is 1. The largest absolute Gasteiger partial charge is 0.480 e. The van der Waals surface area contributed by atoms with Crippen molar-refractivity contribution in [2.45, 2.75) is 33.2 Å².